The summed E-state index contributed by atoms with van der Waals surface area (Å²) in [6, 6.07) is 86.5. The lowest BCUT2D eigenvalue weighted by Gasteiger charge is -2.13. The molecular formula is C63H40N6. The van der Waals surface area contributed by atoms with Gasteiger partial charge in [0.05, 0.1) is 33.1 Å². The van der Waals surface area contributed by atoms with Crippen molar-refractivity contribution in [2.45, 2.75) is 0 Å². The van der Waals surface area contributed by atoms with E-state index >= 15 is 0 Å². The Kier molecular flexibility index (Phi) is 8.79. The van der Waals surface area contributed by atoms with Gasteiger partial charge in [-0.1, -0.05) is 164 Å². The highest BCUT2D eigenvalue weighted by Gasteiger charge is 2.19. The normalized spacial score (nSPS) is 11.8. The fourth-order valence-corrected chi connectivity index (χ4v) is 10.6. The number of hydrogen-bond acceptors (Lipinski definition) is 3. The van der Waals surface area contributed by atoms with Crippen molar-refractivity contribution >= 4 is 65.4 Å². The van der Waals surface area contributed by atoms with Crippen molar-refractivity contribution in [2.75, 3.05) is 0 Å². The molecule has 10 aromatic carbocycles. The van der Waals surface area contributed by atoms with Gasteiger partial charge in [0.2, 0.25) is 0 Å². The Morgan fingerprint density at radius 2 is 0.522 bits per heavy atom. The molecule has 322 valence electrons. The second-order valence-electron chi connectivity index (χ2n) is 17.6. The van der Waals surface area contributed by atoms with Crippen molar-refractivity contribution in [3.8, 4) is 62.4 Å². The molecule has 14 rings (SSSR count). The van der Waals surface area contributed by atoms with Crippen molar-refractivity contribution in [2.24, 2.45) is 0 Å². The van der Waals surface area contributed by atoms with Crippen LogP contribution in [0.25, 0.3) is 128 Å². The fraction of sp³-hybridized carbons (Fsp3) is 0. The minimum atomic E-state index is 0.630. The number of hydrogen-bond donors (Lipinski definition) is 0. The summed E-state index contributed by atoms with van der Waals surface area (Å²) in [5, 5.41) is 7.36. The molecule has 0 aliphatic rings. The molecule has 0 amide bonds. The molecule has 0 atom stereocenters. The summed E-state index contributed by atoms with van der Waals surface area (Å²) < 4.78 is 7.23. The van der Waals surface area contributed by atoms with Crippen molar-refractivity contribution in [1.82, 2.24) is 28.7 Å². The molecule has 14 aromatic rings. The smallest absolute Gasteiger partial charge is 0.164 e. The molecule has 0 radical (unpaired) electrons. The zero-order valence-electron chi connectivity index (χ0n) is 37.3. The number of nitrogens with zero attached hydrogens (tertiary/aromatic N) is 6. The number of fused-ring (bicyclic) bond motifs is 9. The first kappa shape index (κ1) is 38.8. The number of aromatic nitrogens is 6. The second kappa shape index (κ2) is 15.6. The Labute approximate surface area is 397 Å². The molecule has 0 saturated carbocycles. The van der Waals surface area contributed by atoms with Gasteiger partial charge in [0.1, 0.15) is 0 Å². The Hall–Kier alpha value is -9.39. The van der Waals surface area contributed by atoms with Crippen molar-refractivity contribution in [3.05, 3.63) is 243 Å². The van der Waals surface area contributed by atoms with Crippen LogP contribution in [0.3, 0.4) is 0 Å². The van der Waals surface area contributed by atoms with Gasteiger partial charge in [-0.3, -0.25) is 0 Å². The maximum Gasteiger partial charge on any atom is 0.164 e. The predicted octanol–water partition coefficient (Wildman–Crippen LogP) is 15.8. The predicted molar refractivity (Wildman–Crippen MR) is 285 cm³/mol. The maximum atomic E-state index is 5.02. The summed E-state index contributed by atoms with van der Waals surface area (Å²) in [5.74, 6) is 1.92. The molecule has 0 N–H and O–H groups in total. The molecule has 69 heavy (non-hydrogen) atoms. The minimum Gasteiger partial charge on any atom is -0.309 e. The van der Waals surface area contributed by atoms with Crippen molar-refractivity contribution < 1.29 is 0 Å². The van der Waals surface area contributed by atoms with Gasteiger partial charge in [0.25, 0.3) is 0 Å². The van der Waals surface area contributed by atoms with Crippen LogP contribution in [0, 0.1) is 0 Å². The monoisotopic (exact) mass is 880 g/mol. The summed E-state index contributed by atoms with van der Waals surface area (Å²) in [5.41, 5.74) is 15.4. The Bertz CT molecular complexity index is 4200. The van der Waals surface area contributed by atoms with Crippen molar-refractivity contribution in [1.29, 1.82) is 0 Å². The van der Waals surface area contributed by atoms with E-state index in [4.69, 9.17) is 15.0 Å². The lowest BCUT2D eigenvalue weighted by atomic mass is 10.0. The van der Waals surface area contributed by atoms with E-state index in [0.717, 1.165) is 55.9 Å². The molecule has 6 heteroatoms. The average molecular weight is 881 g/mol. The Balaban J connectivity index is 0.878. The lowest BCUT2D eigenvalue weighted by Crippen LogP contribution is -2.00. The summed E-state index contributed by atoms with van der Waals surface area (Å²) >= 11 is 0. The van der Waals surface area contributed by atoms with Crippen LogP contribution in [0.5, 0.6) is 0 Å². The van der Waals surface area contributed by atoms with Crippen LogP contribution in [0.2, 0.25) is 0 Å². The number of para-hydroxylation sites is 4. The van der Waals surface area contributed by atoms with Crippen LogP contribution < -0.4 is 0 Å². The Morgan fingerprint density at radius 3 is 0.986 bits per heavy atom. The van der Waals surface area contributed by atoms with Gasteiger partial charge in [-0.25, -0.2) is 15.0 Å². The molecule has 0 saturated heterocycles. The SMILES string of the molecule is c1ccc(-c2nc(-c3ccccc3)nc(-c3cccc(-c4cccc(-n5c6ccccc6c6cc(-n7c8ccccc8c8cc(-n9c%10ccccc%10c%10ccccc%109)ccc87)ccc65)c4)c3)n2)cc1. The van der Waals surface area contributed by atoms with Crippen molar-refractivity contribution in [3.63, 3.8) is 0 Å². The molecule has 0 spiro atoms. The summed E-state index contributed by atoms with van der Waals surface area (Å²) in [4.78, 5) is 15.0. The van der Waals surface area contributed by atoms with Gasteiger partial charge in [-0.05, 0) is 90.0 Å². The lowest BCUT2D eigenvalue weighted by molar-refractivity contribution is 1.07. The highest BCUT2D eigenvalue weighted by Crippen LogP contribution is 2.40. The van der Waals surface area contributed by atoms with Crippen LogP contribution in [0.4, 0.5) is 0 Å². The van der Waals surface area contributed by atoms with Gasteiger partial charge in [0.15, 0.2) is 17.5 Å². The average Bonchev–Trinajstić information content (AvgIpc) is 4.06. The fourth-order valence-electron chi connectivity index (χ4n) is 10.6. The first-order valence-electron chi connectivity index (χ1n) is 23.4. The van der Waals surface area contributed by atoms with E-state index in [1.54, 1.807) is 0 Å². The van der Waals surface area contributed by atoms with E-state index in [-0.39, 0.29) is 0 Å². The topological polar surface area (TPSA) is 53.5 Å². The van der Waals surface area contributed by atoms with E-state index in [1.165, 1.54) is 54.4 Å². The highest BCUT2D eigenvalue weighted by atomic mass is 15.0. The third-order valence-electron chi connectivity index (χ3n) is 13.7. The Morgan fingerprint density at radius 1 is 0.203 bits per heavy atom. The molecule has 0 aliphatic carbocycles. The zero-order chi connectivity index (χ0) is 45.4. The van der Waals surface area contributed by atoms with E-state index < -0.39 is 0 Å². The van der Waals surface area contributed by atoms with Gasteiger partial charge < -0.3 is 13.7 Å². The largest absolute Gasteiger partial charge is 0.309 e. The van der Waals surface area contributed by atoms with E-state index in [0.29, 0.717) is 17.5 Å². The standard InChI is InChI=1S/C63H40N6/c1-3-17-41(18-4-1)61-64-62(42-19-5-2-6-20-42)66-63(65-61)45-23-15-21-43(37-45)44-22-16-24-46(38-44)67-57-31-13-9-27-51(57)53-40-48(34-35-59(53)67)69-58-32-14-10-28-52(58)54-39-47(33-36-60(54)69)68-55-29-11-7-25-49(55)50-26-8-12-30-56(50)68/h1-40H. The zero-order valence-corrected chi connectivity index (χ0v) is 37.3. The van der Waals surface area contributed by atoms with Crippen LogP contribution in [0.1, 0.15) is 0 Å². The second-order valence-corrected chi connectivity index (χ2v) is 17.6. The maximum absolute atomic E-state index is 5.02. The summed E-state index contributed by atoms with van der Waals surface area (Å²) in [6.45, 7) is 0. The molecule has 4 aromatic heterocycles. The van der Waals surface area contributed by atoms with Crippen LogP contribution in [-0.4, -0.2) is 28.7 Å². The molecule has 0 fully saturated rings. The third kappa shape index (κ3) is 6.30. The third-order valence-corrected chi connectivity index (χ3v) is 13.7. The molecule has 6 nitrogen and oxygen atoms in total. The first-order valence-corrected chi connectivity index (χ1v) is 23.4. The quantitative estimate of drug-likeness (QED) is 0.160. The number of benzene rings is 10. The molecule has 0 aliphatic heterocycles. The molecular weight excluding hydrogens is 841 g/mol. The van der Waals surface area contributed by atoms with Gasteiger partial charge in [0, 0.05) is 66.1 Å². The van der Waals surface area contributed by atoms with Crippen LogP contribution >= 0.6 is 0 Å². The molecule has 4 heterocycles. The van der Waals surface area contributed by atoms with Gasteiger partial charge in [-0.15, -0.1) is 0 Å². The van der Waals surface area contributed by atoms with Crippen LogP contribution in [0.15, 0.2) is 243 Å². The van der Waals surface area contributed by atoms with E-state index in [1.807, 2.05) is 60.7 Å². The van der Waals surface area contributed by atoms with Gasteiger partial charge >= 0.3 is 0 Å². The van der Waals surface area contributed by atoms with E-state index in [9.17, 15) is 0 Å². The molecule has 0 bridgehead atoms. The first-order chi connectivity index (χ1) is 34.2. The van der Waals surface area contributed by atoms with E-state index in [2.05, 4.69) is 196 Å². The minimum absolute atomic E-state index is 0.630. The number of rotatable bonds is 7. The highest BCUT2D eigenvalue weighted by molar-refractivity contribution is 6.14. The van der Waals surface area contributed by atoms with Gasteiger partial charge in [-0.2, -0.15) is 0 Å². The summed E-state index contributed by atoms with van der Waals surface area (Å²) in [7, 11) is 0. The summed E-state index contributed by atoms with van der Waals surface area (Å²) in [6.07, 6.45) is 0. The van der Waals surface area contributed by atoms with Crippen LogP contribution in [-0.2, 0) is 0 Å². The molecule has 0 unspecified atom stereocenters.